The number of fused-ring (bicyclic) bond motifs is 2. The van der Waals surface area contributed by atoms with Crippen LogP contribution in [0.5, 0.6) is 5.75 Å². The van der Waals surface area contributed by atoms with Crippen LogP contribution in [-0.2, 0) is 20.0 Å². The van der Waals surface area contributed by atoms with E-state index in [9.17, 15) is 4.39 Å². The Kier molecular flexibility index (Phi) is 4.13. The van der Waals surface area contributed by atoms with Crippen LogP contribution in [0, 0.1) is 19.3 Å². The summed E-state index contributed by atoms with van der Waals surface area (Å²) in [5.74, 6) is 1.31. The zero-order valence-corrected chi connectivity index (χ0v) is 16.5. The molecule has 0 unspecified atom stereocenters. The molecule has 8 nitrogen and oxygen atoms in total. The Labute approximate surface area is 171 Å². The minimum absolute atomic E-state index is 0.265. The van der Waals surface area contributed by atoms with Gasteiger partial charge in [0.15, 0.2) is 0 Å². The van der Waals surface area contributed by atoms with Crippen molar-refractivity contribution in [2.75, 3.05) is 11.9 Å². The second-order valence-electron chi connectivity index (χ2n) is 7.18. The van der Waals surface area contributed by atoms with Gasteiger partial charge in [0.25, 0.3) is 0 Å². The molecule has 9 heteroatoms. The summed E-state index contributed by atoms with van der Waals surface area (Å²) in [6.07, 6.45) is 6.00. The monoisotopic (exact) mass is 403 g/mol. The van der Waals surface area contributed by atoms with Crippen LogP contribution in [0.25, 0.3) is 21.6 Å². The number of nitrogens with zero attached hydrogens (tertiary/aromatic N) is 6. The number of hydrogen-bond acceptors (Lipinski definition) is 5. The normalized spacial score (nSPS) is 12.6. The Hall–Kier alpha value is -3.93. The molecule has 1 aliphatic rings. The SMILES string of the molecule is [C-]#[N+]c1nn(C)cc1-c1cnc(NCc2c(F)ccc3c2CCO3)n2cc(C)nc12. The average Bonchev–Trinajstić information content (AvgIpc) is 3.44. The highest BCUT2D eigenvalue weighted by atomic mass is 19.1. The largest absolute Gasteiger partial charge is 0.493 e. The van der Waals surface area contributed by atoms with E-state index in [1.165, 1.54) is 6.07 Å². The summed E-state index contributed by atoms with van der Waals surface area (Å²) in [5, 5.41) is 7.42. The van der Waals surface area contributed by atoms with E-state index in [1.807, 2.05) is 17.5 Å². The fraction of sp³-hybridized carbons (Fsp3) is 0.238. The van der Waals surface area contributed by atoms with Gasteiger partial charge in [-0.05, 0) is 24.2 Å². The fourth-order valence-electron chi connectivity index (χ4n) is 3.84. The van der Waals surface area contributed by atoms with E-state index in [1.54, 1.807) is 30.2 Å². The zero-order valence-electron chi connectivity index (χ0n) is 16.5. The second-order valence-corrected chi connectivity index (χ2v) is 7.18. The highest BCUT2D eigenvalue weighted by Gasteiger charge is 2.21. The van der Waals surface area contributed by atoms with Gasteiger partial charge >= 0.3 is 5.82 Å². The molecule has 0 atom stereocenters. The summed E-state index contributed by atoms with van der Waals surface area (Å²) in [6, 6.07) is 3.11. The van der Waals surface area contributed by atoms with Gasteiger partial charge in [0, 0.05) is 60.9 Å². The Morgan fingerprint density at radius 3 is 3.00 bits per heavy atom. The molecule has 0 fully saturated rings. The maximum Gasteiger partial charge on any atom is 0.303 e. The van der Waals surface area contributed by atoms with E-state index in [0.29, 0.717) is 47.1 Å². The summed E-state index contributed by atoms with van der Waals surface area (Å²) in [4.78, 5) is 12.7. The van der Waals surface area contributed by atoms with Gasteiger partial charge in [-0.1, -0.05) is 6.57 Å². The first kappa shape index (κ1) is 18.1. The van der Waals surface area contributed by atoms with E-state index < -0.39 is 0 Å². The number of hydrogen-bond donors (Lipinski definition) is 1. The number of ether oxygens (including phenoxy) is 1. The molecule has 0 amide bonds. The standard InChI is InChI=1S/C21H18FN7O/c1-12-10-29-20(26-12)15(16-11-28(3)27-19(16)23-2)9-25-21(29)24-8-14-13-6-7-30-18(13)5-4-17(14)22/h4-5,9-11H,6-8H2,1,3H3,(H,24,25). The van der Waals surface area contributed by atoms with Gasteiger partial charge in [-0.25, -0.2) is 19.0 Å². The summed E-state index contributed by atoms with van der Waals surface area (Å²) in [7, 11) is 1.77. The lowest BCUT2D eigenvalue weighted by Gasteiger charge is -2.12. The molecule has 4 heterocycles. The number of aromatic nitrogens is 5. The van der Waals surface area contributed by atoms with E-state index in [0.717, 1.165) is 17.0 Å². The quantitative estimate of drug-likeness (QED) is 0.526. The van der Waals surface area contributed by atoms with Gasteiger partial charge in [-0.3, -0.25) is 4.40 Å². The van der Waals surface area contributed by atoms with E-state index in [2.05, 4.69) is 25.2 Å². The number of nitrogens with one attached hydrogen (secondary N) is 1. The molecule has 1 aliphatic heterocycles. The number of benzene rings is 1. The predicted molar refractivity (Wildman–Crippen MR) is 109 cm³/mol. The van der Waals surface area contributed by atoms with Crippen molar-refractivity contribution in [3.05, 3.63) is 64.8 Å². The maximum atomic E-state index is 14.5. The van der Waals surface area contributed by atoms with Gasteiger partial charge in [-0.15, -0.1) is 0 Å². The van der Waals surface area contributed by atoms with Gasteiger partial charge in [-0.2, -0.15) is 0 Å². The number of rotatable bonds is 4. The number of halogens is 1. The highest BCUT2D eigenvalue weighted by Crippen LogP contribution is 2.33. The van der Waals surface area contributed by atoms with Crippen molar-refractivity contribution in [1.29, 1.82) is 0 Å². The Morgan fingerprint density at radius 1 is 1.30 bits per heavy atom. The second kappa shape index (κ2) is 6.84. The molecule has 30 heavy (non-hydrogen) atoms. The third-order valence-electron chi connectivity index (χ3n) is 5.18. The lowest BCUT2D eigenvalue weighted by molar-refractivity contribution is 0.356. The first-order valence-electron chi connectivity index (χ1n) is 9.48. The van der Waals surface area contributed by atoms with Gasteiger partial charge in [0.05, 0.1) is 12.3 Å². The lowest BCUT2D eigenvalue weighted by atomic mass is 10.0. The summed E-state index contributed by atoms with van der Waals surface area (Å²) < 4.78 is 23.4. The van der Waals surface area contributed by atoms with Crippen molar-refractivity contribution >= 4 is 17.4 Å². The molecule has 0 spiro atoms. The predicted octanol–water partition coefficient (Wildman–Crippen LogP) is 3.68. The smallest absolute Gasteiger partial charge is 0.303 e. The third kappa shape index (κ3) is 2.85. The van der Waals surface area contributed by atoms with Crippen molar-refractivity contribution in [3.63, 3.8) is 0 Å². The van der Waals surface area contributed by atoms with Gasteiger partial charge in [0.1, 0.15) is 17.2 Å². The van der Waals surface area contributed by atoms with Crippen molar-refractivity contribution in [3.8, 4) is 16.9 Å². The molecule has 0 saturated heterocycles. The molecule has 0 saturated carbocycles. The molecule has 4 aromatic rings. The van der Waals surface area contributed by atoms with E-state index >= 15 is 0 Å². The molecule has 0 radical (unpaired) electrons. The summed E-state index contributed by atoms with van der Waals surface area (Å²) >= 11 is 0. The van der Waals surface area contributed by atoms with Crippen LogP contribution in [0.4, 0.5) is 16.2 Å². The molecule has 0 aliphatic carbocycles. The minimum Gasteiger partial charge on any atom is -0.493 e. The molecule has 3 aromatic heterocycles. The van der Waals surface area contributed by atoms with Crippen LogP contribution in [0.2, 0.25) is 0 Å². The Bertz CT molecular complexity index is 1330. The summed E-state index contributed by atoms with van der Waals surface area (Å²) in [6.45, 7) is 10.1. The molecule has 0 bridgehead atoms. The van der Waals surface area contributed by atoms with Crippen LogP contribution < -0.4 is 10.1 Å². The Morgan fingerprint density at radius 2 is 2.17 bits per heavy atom. The Balaban J connectivity index is 1.55. The maximum absolute atomic E-state index is 14.5. The molecule has 5 rings (SSSR count). The zero-order chi connectivity index (χ0) is 20.8. The first-order valence-corrected chi connectivity index (χ1v) is 9.48. The van der Waals surface area contributed by atoms with Crippen molar-refractivity contribution in [2.24, 2.45) is 7.05 Å². The summed E-state index contributed by atoms with van der Waals surface area (Å²) in [5.41, 5.74) is 4.34. The van der Waals surface area contributed by atoms with Gasteiger partial charge in [0.2, 0.25) is 5.95 Å². The topological polar surface area (TPSA) is 73.6 Å². The number of anilines is 1. The van der Waals surface area contributed by atoms with Crippen molar-refractivity contribution < 1.29 is 9.13 Å². The highest BCUT2D eigenvalue weighted by molar-refractivity contribution is 5.84. The average molecular weight is 403 g/mol. The van der Waals surface area contributed by atoms with Crippen molar-refractivity contribution in [1.82, 2.24) is 24.1 Å². The molecular formula is C21H18FN7O. The molecule has 150 valence electrons. The van der Waals surface area contributed by atoms with Crippen molar-refractivity contribution in [2.45, 2.75) is 19.9 Å². The number of imidazole rings is 1. The van der Waals surface area contributed by atoms with Crippen LogP contribution in [0.15, 0.2) is 30.7 Å². The molecule has 1 N–H and O–H groups in total. The number of aryl methyl sites for hydroxylation is 2. The first-order chi connectivity index (χ1) is 14.5. The van der Waals surface area contributed by atoms with Crippen LogP contribution in [0.3, 0.4) is 0 Å². The van der Waals surface area contributed by atoms with E-state index in [-0.39, 0.29) is 12.4 Å². The molecule has 1 aromatic carbocycles. The van der Waals surface area contributed by atoms with Crippen LogP contribution in [-0.4, -0.2) is 30.8 Å². The van der Waals surface area contributed by atoms with E-state index in [4.69, 9.17) is 11.3 Å². The fourth-order valence-corrected chi connectivity index (χ4v) is 3.84. The van der Waals surface area contributed by atoms with Crippen LogP contribution in [0.1, 0.15) is 16.8 Å². The molecular weight excluding hydrogens is 385 g/mol. The lowest BCUT2D eigenvalue weighted by Crippen LogP contribution is -2.09. The minimum atomic E-state index is -0.265. The third-order valence-corrected chi connectivity index (χ3v) is 5.18. The van der Waals surface area contributed by atoms with Gasteiger partial charge < -0.3 is 14.9 Å². The van der Waals surface area contributed by atoms with Crippen LogP contribution >= 0.6 is 0 Å².